The lowest BCUT2D eigenvalue weighted by atomic mass is 9.92. The van der Waals surface area contributed by atoms with Crippen molar-refractivity contribution in [3.8, 4) is 44.5 Å². The maximum Gasteiger partial charge on any atom is 0.0468 e. The lowest BCUT2D eigenvalue weighted by Gasteiger charge is -2.27. The first-order valence-electron chi connectivity index (χ1n) is 15.5. The van der Waals surface area contributed by atoms with E-state index in [1.54, 1.807) is 0 Å². The summed E-state index contributed by atoms with van der Waals surface area (Å²) < 4.78 is 0. The summed E-state index contributed by atoms with van der Waals surface area (Å²) in [7, 11) is 0. The fraction of sp³-hybridized carbons (Fsp3) is 0.0455. The molecule has 0 spiro atoms. The molecule has 0 aliphatic heterocycles. The average molecular weight is 578 g/mol. The first-order valence-corrected chi connectivity index (χ1v) is 15.5. The van der Waals surface area contributed by atoms with E-state index in [4.69, 9.17) is 0 Å². The molecule has 0 amide bonds. The molecule has 0 aliphatic rings. The second kappa shape index (κ2) is 12.5. The standard InChI is InChI=1S/C44H35N/c1-32-28-33(2)30-39(29-32)44-31-42(26-27-43(44)38-16-10-5-11-17-38)45(40-22-18-36(19-23-40)34-12-6-3-7-13-34)41-24-20-37(21-25-41)35-14-8-4-9-15-35/h3-31H,1-2H3. The van der Waals surface area contributed by atoms with E-state index >= 15 is 0 Å². The molecule has 0 N–H and O–H groups in total. The SMILES string of the molecule is Cc1cc(C)cc(-c2cc(N(c3ccc(-c4ccccc4)cc3)c3ccc(-c4ccccc4)cc3)ccc2-c2ccccc2)c1. The molecule has 45 heavy (non-hydrogen) atoms. The molecular weight excluding hydrogens is 542 g/mol. The summed E-state index contributed by atoms with van der Waals surface area (Å²) in [6.45, 7) is 4.36. The molecule has 0 radical (unpaired) electrons. The Hall–Kier alpha value is -5.66. The predicted octanol–water partition coefficient (Wildman–Crippen LogP) is 12.4. The molecule has 0 bridgehead atoms. The quantitative estimate of drug-likeness (QED) is 0.182. The summed E-state index contributed by atoms with van der Waals surface area (Å²) in [5, 5.41) is 0. The number of hydrogen-bond donors (Lipinski definition) is 0. The second-order valence-electron chi connectivity index (χ2n) is 11.6. The van der Waals surface area contributed by atoms with Crippen LogP contribution in [0.3, 0.4) is 0 Å². The van der Waals surface area contributed by atoms with Gasteiger partial charge in [-0.1, -0.05) is 151 Å². The van der Waals surface area contributed by atoms with Crippen LogP contribution in [0.2, 0.25) is 0 Å². The zero-order valence-corrected chi connectivity index (χ0v) is 25.7. The van der Waals surface area contributed by atoms with Crippen molar-refractivity contribution in [2.24, 2.45) is 0 Å². The van der Waals surface area contributed by atoms with Crippen LogP contribution in [0, 0.1) is 13.8 Å². The predicted molar refractivity (Wildman–Crippen MR) is 192 cm³/mol. The highest BCUT2D eigenvalue weighted by Gasteiger charge is 2.17. The van der Waals surface area contributed by atoms with Gasteiger partial charge in [-0.05, 0) is 94.8 Å². The third-order valence-corrected chi connectivity index (χ3v) is 8.34. The number of anilines is 3. The van der Waals surface area contributed by atoms with E-state index in [-0.39, 0.29) is 0 Å². The van der Waals surface area contributed by atoms with E-state index in [0.29, 0.717) is 0 Å². The van der Waals surface area contributed by atoms with Crippen molar-refractivity contribution in [1.29, 1.82) is 0 Å². The minimum atomic E-state index is 1.11. The Morgan fingerprint density at radius 1 is 0.289 bits per heavy atom. The van der Waals surface area contributed by atoms with Gasteiger partial charge in [0, 0.05) is 17.1 Å². The average Bonchev–Trinajstić information content (AvgIpc) is 3.10. The summed E-state index contributed by atoms with van der Waals surface area (Å²) in [5.41, 5.74) is 15.6. The van der Waals surface area contributed by atoms with Crippen molar-refractivity contribution in [2.45, 2.75) is 13.8 Å². The van der Waals surface area contributed by atoms with Gasteiger partial charge in [-0.25, -0.2) is 0 Å². The number of rotatable bonds is 7. The van der Waals surface area contributed by atoms with Crippen LogP contribution in [0.15, 0.2) is 176 Å². The van der Waals surface area contributed by atoms with E-state index < -0.39 is 0 Å². The van der Waals surface area contributed by atoms with E-state index in [1.807, 2.05) is 0 Å². The minimum absolute atomic E-state index is 1.11. The van der Waals surface area contributed by atoms with Gasteiger partial charge in [-0.15, -0.1) is 0 Å². The maximum atomic E-state index is 2.37. The molecule has 0 unspecified atom stereocenters. The molecule has 1 nitrogen and oxygen atoms in total. The van der Waals surface area contributed by atoms with E-state index in [2.05, 4.69) is 195 Å². The first-order chi connectivity index (χ1) is 22.1. The van der Waals surface area contributed by atoms with Crippen LogP contribution in [-0.4, -0.2) is 0 Å². The highest BCUT2D eigenvalue weighted by atomic mass is 15.1. The van der Waals surface area contributed by atoms with Crippen LogP contribution in [0.5, 0.6) is 0 Å². The molecule has 0 aromatic heterocycles. The normalized spacial score (nSPS) is 10.9. The summed E-state index contributed by atoms with van der Waals surface area (Å²) in [4.78, 5) is 2.37. The Kier molecular flexibility index (Phi) is 7.83. The summed E-state index contributed by atoms with van der Waals surface area (Å²) in [6, 6.07) is 63.4. The highest BCUT2D eigenvalue weighted by Crippen LogP contribution is 2.42. The third kappa shape index (κ3) is 6.07. The molecule has 7 rings (SSSR count). The number of nitrogens with zero attached hydrogens (tertiary/aromatic N) is 1. The van der Waals surface area contributed by atoms with E-state index in [1.165, 1.54) is 55.6 Å². The largest absolute Gasteiger partial charge is 0.310 e. The van der Waals surface area contributed by atoms with Gasteiger partial charge in [0.2, 0.25) is 0 Å². The van der Waals surface area contributed by atoms with Gasteiger partial charge in [0.15, 0.2) is 0 Å². The van der Waals surface area contributed by atoms with Crippen LogP contribution in [-0.2, 0) is 0 Å². The Labute approximate surface area is 266 Å². The summed E-state index contributed by atoms with van der Waals surface area (Å²) in [5.74, 6) is 0. The molecule has 0 saturated carbocycles. The van der Waals surface area contributed by atoms with Crippen molar-refractivity contribution in [3.63, 3.8) is 0 Å². The van der Waals surface area contributed by atoms with E-state index in [9.17, 15) is 0 Å². The van der Waals surface area contributed by atoms with Crippen LogP contribution in [0.25, 0.3) is 44.5 Å². The van der Waals surface area contributed by atoms with Gasteiger partial charge in [0.1, 0.15) is 0 Å². The fourth-order valence-corrected chi connectivity index (χ4v) is 6.22. The van der Waals surface area contributed by atoms with Crippen molar-refractivity contribution in [1.82, 2.24) is 0 Å². The lowest BCUT2D eigenvalue weighted by molar-refractivity contribution is 1.28. The highest BCUT2D eigenvalue weighted by molar-refractivity contribution is 5.89. The molecular formula is C44H35N. The molecule has 1 heteroatoms. The number of benzene rings is 7. The Bertz CT molecular complexity index is 1920. The molecule has 0 saturated heterocycles. The van der Waals surface area contributed by atoms with Crippen LogP contribution in [0.4, 0.5) is 17.1 Å². The first kappa shape index (κ1) is 28.1. The summed E-state index contributed by atoms with van der Waals surface area (Å²) >= 11 is 0. The molecule has 7 aromatic rings. The van der Waals surface area contributed by atoms with Crippen LogP contribution in [0.1, 0.15) is 11.1 Å². The Morgan fingerprint density at radius 2 is 0.689 bits per heavy atom. The molecule has 7 aromatic carbocycles. The Balaban J connectivity index is 1.39. The van der Waals surface area contributed by atoms with Gasteiger partial charge >= 0.3 is 0 Å². The second-order valence-corrected chi connectivity index (χ2v) is 11.6. The van der Waals surface area contributed by atoms with Crippen molar-refractivity contribution < 1.29 is 0 Å². The van der Waals surface area contributed by atoms with Gasteiger partial charge in [-0.3, -0.25) is 0 Å². The maximum absolute atomic E-state index is 2.37. The van der Waals surface area contributed by atoms with Crippen molar-refractivity contribution >= 4 is 17.1 Å². The zero-order valence-electron chi connectivity index (χ0n) is 25.7. The van der Waals surface area contributed by atoms with Crippen LogP contribution >= 0.6 is 0 Å². The van der Waals surface area contributed by atoms with Gasteiger partial charge in [0.05, 0.1) is 0 Å². The van der Waals surface area contributed by atoms with E-state index in [0.717, 1.165) is 17.1 Å². The fourth-order valence-electron chi connectivity index (χ4n) is 6.22. The number of aryl methyl sites for hydroxylation is 2. The molecule has 0 heterocycles. The van der Waals surface area contributed by atoms with Gasteiger partial charge < -0.3 is 4.90 Å². The molecule has 0 fully saturated rings. The topological polar surface area (TPSA) is 3.24 Å². The van der Waals surface area contributed by atoms with Crippen molar-refractivity contribution in [2.75, 3.05) is 4.90 Å². The number of hydrogen-bond acceptors (Lipinski definition) is 1. The smallest absolute Gasteiger partial charge is 0.0468 e. The van der Waals surface area contributed by atoms with Gasteiger partial charge in [-0.2, -0.15) is 0 Å². The summed E-state index contributed by atoms with van der Waals surface area (Å²) in [6.07, 6.45) is 0. The monoisotopic (exact) mass is 577 g/mol. The Morgan fingerprint density at radius 3 is 1.16 bits per heavy atom. The zero-order chi connectivity index (χ0) is 30.6. The van der Waals surface area contributed by atoms with Crippen LogP contribution < -0.4 is 4.90 Å². The van der Waals surface area contributed by atoms with Gasteiger partial charge in [0.25, 0.3) is 0 Å². The molecule has 0 aliphatic carbocycles. The lowest BCUT2D eigenvalue weighted by Crippen LogP contribution is -2.10. The van der Waals surface area contributed by atoms with Crippen molar-refractivity contribution in [3.05, 3.63) is 187 Å². The molecule has 216 valence electrons. The minimum Gasteiger partial charge on any atom is -0.310 e. The molecule has 0 atom stereocenters. The third-order valence-electron chi connectivity index (χ3n) is 8.34.